The zero-order chi connectivity index (χ0) is 8.55. The van der Waals surface area contributed by atoms with Crippen molar-refractivity contribution in [3.63, 3.8) is 0 Å². The molecule has 2 heteroatoms. The summed E-state index contributed by atoms with van der Waals surface area (Å²) >= 11 is 0. The Bertz CT molecular complexity index is 319. The Kier molecular flexibility index (Phi) is 1.61. The molecular formula is C10H11NO. The van der Waals surface area contributed by atoms with Crippen LogP contribution >= 0.6 is 0 Å². The highest BCUT2D eigenvalue weighted by molar-refractivity contribution is 5.92. The third kappa shape index (κ3) is 1.09. The lowest BCUT2D eigenvalue weighted by molar-refractivity contribution is -0.119. The van der Waals surface area contributed by atoms with Crippen LogP contribution in [-0.4, -0.2) is 11.8 Å². The van der Waals surface area contributed by atoms with E-state index < -0.39 is 0 Å². The highest BCUT2D eigenvalue weighted by Crippen LogP contribution is 2.21. The fourth-order valence-electron chi connectivity index (χ4n) is 1.47. The molecule has 0 bridgehead atoms. The number of nitrogens with one attached hydrogen (secondary N) is 1. The van der Waals surface area contributed by atoms with Gasteiger partial charge in [0.05, 0.1) is 6.04 Å². The average Bonchev–Trinajstić information content (AvgIpc) is 2.07. The Morgan fingerprint density at radius 3 is 3.00 bits per heavy atom. The fourth-order valence-corrected chi connectivity index (χ4v) is 1.47. The van der Waals surface area contributed by atoms with Gasteiger partial charge in [0.2, 0.25) is 0 Å². The van der Waals surface area contributed by atoms with Crippen molar-refractivity contribution in [1.82, 2.24) is 0 Å². The number of rotatable bonds is 0. The fraction of sp³-hybridized carbons (Fsp3) is 0.300. The van der Waals surface area contributed by atoms with E-state index in [9.17, 15) is 4.79 Å². The summed E-state index contributed by atoms with van der Waals surface area (Å²) in [6.07, 6.45) is 0.574. The van der Waals surface area contributed by atoms with Crippen LogP contribution in [0.5, 0.6) is 0 Å². The number of benzene rings is 1. The zero-order valence-electron chi connectivity index (χ0n) is 7.00. The number of Topliss-reactive ketones (excluding diaryl/α,β-unsaturated/α-hetero) is 1. The molecule has 1 N–H and O–H groups in total. The van der Waals surface area contributed by atoms with Gasteiger partial charge in [-0.3, -0.25) is 4.79 Å². The van der Waals surface area contributed by atoms with E-state index in [1.54, 1.807) is 0 Å². The van der Waals surface area contributed by atoms with E-state index in [0.717, 1.165) is 11.3 Å². The monoisotopic (exact) mass is 161 g/mol. The van der Waals surface area contributed by atoms with Crippen molar-refractivity contribution < 1.29 is 4.79 Å². The first-order valence-corrected chi connectivity index (χ1v) is 4.14. The van der Waals surface area contributed by atoms with Gasteiger partial charge in [0.1, 0.15) is 0 Å². The largest absolute Gasteiger partial charge is 0.375 e. The number of para-hydroxylation sites is 1. The highest BCUT2D eigenvalue weighted by Gasteiger charge is 2.20. The van der Waals surface area contributed by atoms with Crippen LogP contribution in [0.3, 0.4) is 0 Å². The standard InChI is InChI=1S/C10H11NO/c1-7-10(12)6-8-4-2-3-5-9(8)11-7/h2-5,7,11H,6H2,1H3. The number of hydrogen-bond acceptors (Lipinski definition) is 2. The molecule has 1 aliphatic heterocycles. The molecule has 1 unspecified atom stereocenters. The lowest BCUT2D eigenvalue weighted by atomic mass is 9.98. The molecule has 0 saturated heterocycles. The summed E-state index contributed by atoms with van der Waals surface area (Å²) in [5, 5.41) is 3.16. The van der Waals surface area contributed by atoms with E-state index in [4.69, 9.17) is 0 Å². The summed E-state index contributed by atoms with van der Waals surface area (Å²) in [6.45, 7) is 1.90. The van der Waals surface area contributed by atoms with Gasteiger partial charge in [-0.1, -0.05) is 18.2 Å². The maximum absolute atomic E-state index is 11.3. The van der Waals surface area contributed by atoms with Gasteiger partial charge in [-0.25, -0.2) is 0 Å². The number of ketones is 1. The predicted molar refractivity (Wildman–Crippen MR) is 48.2 cm³/mol. The quantitative estimate of drug-likeness (QED) is 0.626. The molecule has 1 aromatic carbocycles. The number of fused-ring (bicyclic) bond motifs is 1. The van der Waals surface area contributed by atoms with Gasteiger partial charge in [0, 0.05) is 12.1 Å². The number of carbonyl (C=O) groups is 1. The molecule has 1 aliphatic rings. The van der Waals surface area contributed by atoms with Crippen molar-refractivity contribution in [2.75, 3.05) is 5.32 Å². The van der Waals surface area contributed by atoms with E-state index in [2.05, 4.69) is 5.32 Å². The van der Waals surface area contributed by atoms with Crippen molar-refractivity contribution in [2.24, 2.45) is 0 Å². The Balaban J connectivity index is 2.40. The first-order valence-electron chi connectivity index (χ1n) is 4.14. The minimum absolute atomic E-state index is 0.0279. The van der Waals surface area contributed by atoms with Crippen LogP contribution in [0, 0.1) is 0 Å². The van der Waals surface area contributed by atoms with Crippen LogP contribution in [0.4, 0.5) is 5.69 Å². The smallest absolute Gasteiger partial charge is 0.159 e. The van der Waals surface area contributed by atoms with E-state index in [-0.39, 0.29) is 11.8 Å². The van der Waals surface area contributed by atoms with Gasteiger partial charge >= 0.3 is 0 Å². The van der Waals surface area contributed by atoms with Crippen LogP contribution in [-0.2, 0) is 11.2 Å². The van der Waals surface area contributed by atoms with E-state index in [1.807, 2.05) is 31.2 Å². The lowest BCUT2D eigenvalue weighted by Crippen LogP contribution is -2.32. The summed E-state index contributed by atoms with van der Waals surface area (Å²) in [4.78, 5) is 11.3. The molecule has 1 aromatic rings. The number of hydrogen-bond donors (Lipinski definition) is 1. The summed E-state index contributed by atoms with van der Waals surface area (Å²) in [6, 6.07) is 7.92. The van der Waals surface area contributed by atoms with Crippen LogP contribution in [0.2, 0.25) is 0 Å². The minimum atomic E-state index is -0.0279. The molecule has 0 fully saturated rings. The number of anilines is 1. The molecule has 0 amide bonds. The maximum Gasteiger partial charge on any atom is 0.159 e. The Labute approximate surface area is 71.6 Å². The third-order valence-corrected chi connectivity index (χ3v) is 2.24. The van der Waals surface area contributed by atoms with Crippen LogP contribution in [0.15, 0.2) is 24.3 Å². The first kappa shape index (κ1) is 7.35. The molecule has 0 saturated carbocycles. The minimum Gasteiger partial charge on any atom is -0.375 e. The molecule has 2 nitrogen and oxygen atoms in total. The molecular weight excluding hydrogens is 150 g/mol. The Morgan fingerprint density at radius 1 is 1.42 bits per heavy atom. The molecule has 62 valence electrons. The van der Waals surface area contributed by atoms with Crippen molar-refractivity contribution >= 4 is 11.5 Å². The Morgan fingerprint density at radius 2 is 2.17 bits per heavy atom. The van der Waals surface area contributed by atoms with Crippen molar-refractivity contribution in [3.05, 3.63) is 29.8 Å². The van der Waals surface area contributed by atoms with Gasteiger partial charge in [0.25, 0.3) is 0 Å². The Hall–Kier alpha value is -1.31. The van der Waals surface area contributed by atoms with E-state index in [1.165, 1.54) is 0 Å². The van der Waals surface area contributed by atoms with Gasteiger partial charge < -0.3 is 5.32 Å². The normalized spacial score (nSPS) is 21.4. The number of carbonyl (C=O) groups excluding carboxylic acids is 1. The summed E-state index contributed by atoms with van der Waals surface area (Å²) in [5.41, 5.74) is 2.21. The van der Waals surface area contributed by atoms with Crippen LogP contribution < -0.4 is 5.32 Å². The second-order valence-electron chi connectivity index (χ2n) is 3.17. The molecule has 1 heterocycles. The van der Waals surface area contributed by atoms with Gasteiger partial charge in [-0.2, -0.15) is 0 Å². The van der Waals surface area contributed by atoms with Crippen molar-refractivity contribution in [1.29, 1.82) is 0 Å². The summed E-state index contributed by atoms with van der Waals surface area (Å²) < 4.78 is 0. The van der Waals surface area contributed by atoms with E-state index >= 15 is 0 Å². The lowest BCUT2D eigenvalue weighted by Gasteiger charge is -2.22. The summed E-state index contributed by atoms with van der Waals surface area (Å²) in [7, 11) is 0. The third-order valence-electron chi connectivity index (χ3n) is 2.24. The second kappa shape index (κ2) is 2.63. The molecule has 0 aliphatic carbocycles. The maximum atomic E-state index is 11.3. The average molecular weight is 161 g/mol. The van der Waals surface area contributed by atoms with Crippen LogP contribution in [0.25, 0.3) is 0 Å². The second-order valence-corrected chi connectivity index (χ2v) is 3.17. The first-order chi connectivity index (χ1) is 5.77. The van der Waals surface area contributed by atoms with Crippen molar-refractivity contribution in [2.45, 2.75) is 19.4 Å². The zero-order valence-corrected chi connectivity index (χ0v) is 7.00. The molecule has 0 spiro atoms. The molecule has 12 heavy (non-hydrogen) atoms. The van der Waals surface area contributed by atoms with Crippen LogP contribution in [0.1, 0.15) is 12.5 Å². The molecule has 2 rings (SSSR count). The SMILES string of the molecule is CC1Nc2ccccc2CC1=O. The summed E-state index contributed by atoms with van der Waals surface area (Å²) in [5.74, 6) is 0.272. The van der Waals surface area contributed by atoms with E-state index in [0.29, 0.717) is 6.42 Å². The molecule has 1 atom stereocenters. The molecule has 0 radical (unpaired) electrons. The highest BCUT2D eigenvalue weighted by atomic mass is 16.1. The van der Waals surface area contributed by atoms with Crippen molar-refractivity contribution in [3.8, 4) is 0 Å². The topological polar surface area (TPSA) is 29.1 Å². The van der Waals surface area contributed by atoms with Gasteiger partial charge in [-0.15, -0.1) is 0 Å². The van der Waals surface area contributed by atoms with Gasteiger partial charge in [-0.05, 0) is 18.6 Å². The molecule has 0 aromatic heterocycles. The predicted octanol–water partition coefficient (Wildman–Crippen LogP) is 1.61. The van der Waals surface area contributed by atoms with Gasteiger partial charge in [0.15, 0.2) is 5.78 Å².